The normalized spacial score (nSPS) is 23.1. The molecule has 26 heavy (non-hydrogen) atoms. The van der Waals surface area contributed by atoms with E-state index in [0.717, 1.165) is 9.94 Å². The molecule has 1 aromatic heterocycles. The highest BCUT2D eigenvalue weighted by Gasteiger charge is 2.45. The van der Waals surface area contributed by atoms with Crippen LogP contribution in [-0.2, 0) is 11.2 Å². The third kappa shape index (κ3) is 2.97. The number of rotatable bonds is 3. The summed E-state index contributed by atoms with van der Waals surface area (Å²) in [6, 6.07) is 4.92. The maximum absolute atomic E-state index is 14.3. The number of allylic oxidation sites excluding steroid dienone is 2. The molecule has 2 aromatic rings. The highest BCUT2D eigenvalue weighted by molar-refractivity contribution is 7.15. The molecule has 1 saturated heterocycles. The highest BCUT2D eigenvalue weighted by Crippen LogP contribution is 2.37. The highest BCUT2D eigenvalue weighted by atomic mass is 35.5. The van der Waals surface area contributed by atoms with Gasteiger partial charge in [0.1, 0.15) is 18.0 Å². The molecular weight excluding hydrogens is 377 g/mol. The zero-order chi connectivity index (χ0) is 18.3. The van der Waals surface area contributed by atoms with Crippen LogP contribution in [0.15, 0.2) is 54.4 Å². The number of nitrogens with zero attached hydrogens (tertiary/aromatic N) is 3. The maximum Gasteiger partial charge on any atom is 0.203 e. The van der Waals surface area contributed by atoms with E-state index < -0.39 is 18.0 Å². The molecule has 0 radical (unpaired) electrons. The molecular formula is C18H15ClFN3O2S. The van der Waals surface area contributed by atoms with Gasteiger partial charge in [0.15, 0.2) is 4.47 Å². The molecule has 0 bridgehead atoms. The van der Waals surface area contributed by atoms with E-state index in [-0.39, 0.29) is 11.3 Å². The van der Waals surface area contributed by atoms with Crippen molar-refractivity contribution in [1.82, 2.24) is 14.9 Å². The maximum atomic E-state index is 14.3. The first-order valence-electron chi connectivity index (χ1n) is 8.06. The van der Waals surface area contributed by atoms with E-state index >= 15 is 0 Å². The Kier molecular flexibility index (Phi) is 4.62. The first kappa shape index (κ1) is 17.4. The molecule has 2 atom stereocenters. The number of carbonyl (C=O) groups excluding carboxylic acids is 1. The minimum absolute atomic E-state index is 0.155. The van der Waals surface area contributed by atoms with Crippen molar-refractivity contribution >= 4 is 28.7 Å². The summed E-state index contributed by atoms with van der Waals surface area (Å²) in [5, 5.41) is 11.8. The molecule has 0 amide bonds. The summed E-state index contributed by atoms with van der Waals surface area (Å²) in [6.07, 6.45) is 6.93. The van der Waals surface area contributed by atoms with Crippen LogP contribution in [-0.4, -0.2) is 38.6 Å². The smallest absolute Gasteiger partial charge is 0.203 e. The molecule has 8 heteroatoms. The van der Waals surface area contributed by atoms with Crippen LogP contribution in [0.1, 0.15) is 16.5 Å². The molecule has 2 aliphatic heterocycles. The monoisotopic (exact) mass is 391 g/mol. The number of benzene rings is 1. The van der Waals surface area contributed by atoms with E-state index in [9.17, 15) is 14.4 Å². The largest absolute Gasteiger partial charge is 0.347 e. The fraction of sp³-hybridized carbons (Fsp3) is 0.222. The van der Waals surface area contributed by atoms with Gasteiger partial charge in [-0.25, -0.2) is 9.37 Å². The lowest BCUT2D eigenvalue weighted by molar-refractivity contribution is -0.209. The zero-order valence-electron chi connectivity index (χ0n) is 13.5. The van der Waals surface area contributed by atoms with E-state index in [1.807, 2.05) is 11.0 Å². The Morgan fingerprint density at radius 2 is 2.19 bits per heavy atom. The molecule has 0 spiro atoms. The number of halogens is 2. The Balaban J connectivity index is 1.75. The van der Waals surface area contributed by atoms with Gasteiger partial charge in [0.25, 0.3) is 0 Å². The number of hydrogen-bond acceptors (Lipinski definition) is 6. The van der Waals surface area contributed by atoms with Gasteiger partial charge < -0.3 is 10.1 Å². The van der Waals surface area contributed by atoms with Crippen molar-refractivity contribution < 1.29 is 14.4 Å². The summed E-state index contributed by atoms with van der Waals surface area (Å²) in [4.78, 5) is 19.7. The number of ketones is 1. The fourth-order valence-electron chi connectivity index (χ4n) is 3.35. The Bertz CT molecular complexity index is 913. The predicted molar refractivity (Wildman–Crippen MR) is 96.3 cm³/mol. The van der Waals surface area contributed by atoms with E-state index in [1.165, 1.54) is 23.5 Å². The average Bonchev–Trinajstić information content (AvgIpc) is 3.05. The molecule has 5 nitrogen and oxygen atoms in total. The molecule has 0 saturated carbocycles. The van der Waals surface area contributed by atoms with Crippen LogP contribution in [0.4, 0.5) is 4.39 Å². The minimum atomic E-state index is -1.10. The fourth-order valence-corrected chi connectivity index (χ4v) is 4.36. The standard InChI is InChI=1S/C18H15ClFN3O2S/c19-18-21-10-11(26-18)9-15-22-8-4-3-7-14(22)17(24)16(23(15)25)12-5-1-2-6-13(12)20/h1-7,10,15-16,25H,8-9H2. The molecule has 1 aromatic carbocycles. The summed E-state index contributed by atoms with van der Waals surface area (Å²) in [7, 11) is 0. The molecule has 1 fully saturated rings. The number of hydroxylamine groups is 2. The van der Waals surface area contributed by atoms with Gasteiger partial charge in [0, 0.05) is 29.6 Å². The molecule has 1 N–H and O–H groups in total. The molecule has 2 aliphatic rings. The Hall–Kier alpha value is -2.06. The number of thiazole rings is 1. The Labute approximate surface area is 158 Å². The van der Waals surface area contributed by atoms with Crippen LogP contribution >= 0.6 is 22.9 Å². The Morgan fingerprint density at radius 1 is 1.38 bits per heavy atom. The number of carbonyl (C=O) groups is 1. The van der Waals surface area contributed by atoms with Crippen LogP contribution in [0.2, 0.25) is 4.47 Å². The van der Waals surface area contributed by atoms with Crippen LogP contribution in [0.5, 0.6) is 0 Å². The number of Topliss-reactive ketones (excluding diaryl/α,β-unsaturated/α-hetero) is 1. The Morgan fingerprint density at radius 3 is 2.92 bits per heavy atom. The lowest BCUT2D eigenvalue weighted by atomic mass is 9.93. The topological polar surface area (TPSA) is 56.7 Å². The van der Waals surface area contributed by atoms with Gasteiger partial charge in [-0.15, -0.1) is 11.3 Å². The van der Waals surface area contributed by atoms with Gasteiger partial charge in [-0.3, -0.25) is 4.79 Å². The summed E-state index contributed by atoms with van der Waals surface area (Å²) in [5.74, 6) is -0.856. The molecule has 4 rings (SSSR count). The van der Waals surface area contributed by atoms with E-state index in [0.29, 0.717) is 23.1 Å². The quantitative estimate of drug-likeness (QED) is 0.866. The second kappa shape index (κ2) is 6.92. The van der Waals surface area contributed by atoms with Crippen molar-refractivity contribution in [2.24, 2.45) is 0 Å². The van der Waals surface area contributed by atoms with Gasteiger partial charge in [-0.1, -0.05) is 42.0 Å². The van der Waals surface area contributed by atoms with E-state index in [1.54, 1.807) is 30.5 Å². The van der Waals surface area contributed by atoms with Gasteiger partial charge >= 0.3 is 0 Å². The van der Waals surface area contributed by atoms with Crippen molar-refractivity contribution in [3.05, 3.63) is 75.1 Å². The minimum Gasteiger partial charge on any atom is -0.347 e. The van der Waals surface area contributed by atoms with Gasteiger partial charge in [0.2, 0.25) is 5.78 Å². The third-order valence-electron chi connectivity index (χ3n) is 4.54. The SMILES string of the molecule is O=C1C2=CC=CCN2C(Cc2cnc(Cl)s2)N(O)C1c1ccccc1F. The van der Waals surface area contributed by atoms with Gasteiger partial charge in [-0.2, -0.15) is 5.06 Å². The lowest BCUT2D eigenvalue weighted by Crippen LogP contribution is -2.57. The first-order chi connectivity index (χ1) is 12.6. The van der Waals surface area contributed by atoms with Crippen molar-refractivity contribution in [2.75, 3.05) is 6.54 Å². The molecule has 2 unspecified atom stereocenters. The van der Waals surface area contributed by atoms with Crippen LogP contribution in [0.3, 0.4) is 0 Å². The molecule has 134 valence electrons. The lowest BCUT2D eigenvalue weighted by Gasteiger charge is -2.46. The molecule has 0 aliphatic carbocycles. The van der Waals surface area contributed by atoms with Crippen molar-refractivity contribution in [2.45, 2.75) is 18.6 Å². The van der Waals surface area contributed by atoms with Crippen LogP contribution < -0.4 is 0 Å². The van der Waals surface area contributed by atoms with Gasteiger partial charge in [-0.05, 0) is 12.1 Å². The average molecular weight is 392 g/mol. The first-order valence-corrected chi connectivity index (χ1v) is 9.25. The number of fused-ring (bicyclic) bond motifs is 1. The van der Waals surface area contributed by atoms with E-state index in [4.69, 9.17) is 11.6 Å². The summed E-state index contributed by atoms with van der Waals surface area (Å²) < 4.78 is 14.8. The van der Waals surface area contributed by atoms with Crippen molar-refractivity contribution in [1.29, 1.82) is 0 Å². The van der Waals surface area contributed by atoms with Crippen molar-refractivity contribution in [3.63, 3.8) is 0 Å². The summed E-state index contributed by atoms with van der Waals surface area (Å²) in [5.41, 5.74) is 0.620. The van der Waals surface area contributed by atoms with Crippen molar-refractivity contribution in [3.8, 4) is 0 Å². The second-order valence-corrected chi connectivity index (χ2v) is 7.76. The van der Waals surface area contributed by atoms with Gasteiger partial charge in [0.05, 0.1) is 5.70 Å². The second-order valence-electron chi connectivity index (χ2n) is 6.07. The summed E-state index contributed by atoms with van der Waals surface area (Å²) >= 11 is 7.23. The van der Waals surface area contributed by atoms with Crippen LogP contribution in [0, 0.1) is 5.82 Å². The van der Waals surface area contributed by atoms with Crippen LogP contribution in [0.25, 0.3) is 0 Å². The number of hydrogen-bond donors (Lipinski definition) is 1. The van der Waals surface area contributed by atoms with E-state index in [2.05, 4.69) is 4.98 Å². The molecule has 3 heterocycles. The number of aromatic nitrogens is 1. The predicted octanol–water partition coefficient (Wildman–Crippen LogP) is 3.58. The zero-order valence-corrected chi connectivity index (χ0v) is 15.1. The summed E-state index contributed by atoms with van der Waals surface area (Å²) in [6.45, 7) is 0.482. The third-order valence-corrected chi connectivity index (χ3v) is 5.68.